The maximum Gasteiger partial charge on any atom is 0.317 e. The molecule has 1 heterocycles. The van der Waals surface area contributed by atoms with Crippen molar-refractivity contribution in [2.24, 2.45) is 5.92 Å². The van der Waals surface area contributed by atoms with Gasteiger partial charge in [-0.05, 0) is 38.5 Å². The van der Waals surface area contributed by atoms with E-state index in [2.05, 4.69) is 10.0 Å². The number of methoxy groups -OCH3 is 1. The van der Waals surface area contributed by atoms with Crippen molar-refractivity contribution in [3.63, 3.8) is 0 Å². The lowest BCUT2D eigenvalue weighted by Crippen LogP contribution is -2.51. The molecule has 34 heavy (non-hydrogen) atoms. The summed E-state index contributed by atoms with van der Waals surface area (Å²) in [5, 5.41) is 2.93. The van der Waals surface area contributed by atoms with E-state index in [9.17, 15) is 18.0 Å². The molecule has 1 aliphatic heterocycles. The van der Waals surface area contributed by atoms with Gasteiger partial charge in [0, 0.05) is 45.4 Å². The second-order valence-electron chi connectivity index (χ2n) is 8.70. The van der Waals surface area contributed by atoms with E-state index in [4.69, 9.17) is 9.47 Å². The molecule has 0 saturated carbocycles. The van der Waals surface area contributed by atoms with Crippen LogP contribution >= 0.6 is 0 Å². The molecule has 0 aliphatic carbocycles. The molecule has 0 radical (unpaired) electrons. The Bertz CT molecular complexity index is 955. The molecule has 0 saturated heterocycles. The molecule has 11 heteroatoms. The third-order valence-electron chi connectivity index (χ3n) is 5.89. The fourth-order valence-electron chi connectivity index (χ4n) is 3.71. The van der Waals surface area contributed by atoms with Crippen LogP contribution in [0.3, 0.4) is 0 Å². The molecule has 0 spiro atoms. The van der Waals surface area contributed by atoms with Crippen molar-refractivity contribution in [1.29, 1.82) is 0 Å². The van der Waals surface area contributed by atoms with Crippen LogP contribution < -0.4 is 14.8 Å². The smallest absolute Gasteiger partial charge is 0.317 e. The number of urea groups is 1. The zero-order chi connectivity index (χ0) is 25.5. The van der Waals surface area contributed by atoms with E-state index in [1.54, 1.807) is 31.2 Å². The summed E-state index contributed by atoms with van der Waals surface area (Å²) in [6, 6.07) is 4.15. The van der Waals surface area contributed by atoms with Crippen LogP contribution in [0.4, 0.5) is 10.5 Å². The maximum absolute atomic E-state index is 13.3. The Balaban J connectivity index is 2.45. The lowest BCUT2D eigenvalue weighted by atomic mass is 10.0. The van der Waals surface area contributed by atoms with Crippen LogP contribution in [-0.4, -0.2) is 88.5 Å². The molecule has 3 atom stereocenters. The van der Waals surface area contributed by atoms with Gasteiger partial charge in [-0.3, -0.25) is 9.52 Å². The Kier molecular flexibility index (Phi) is 9.99. The average Bonchev–Trinajstić information content (AvgIpc) is 2.81. The highest BCUT2D eigenvalue weighted by Crippen LogP contribution is 2.27. The monoisotopic (exact) mass is 498 g/mol. The molecule has 2 N–H and O–H groups in total. The van der Waals surface area contributed by atoms with Gasteiger partial charge >= 0.3 is 6.03 Å². The molecule has 0 unspecified atom stereocenters. The summed E-state index contributed by atoms with van der Waals surface area (Å²) in [4.78, 5) is 29.5. The first-order valence-corrected chi connectivity index (χ1v) is 13.3. The summed E-state index contributed by atoms with van der Waals surface area (Å²) in [7, 11) is -0.261. The maximum atomic E-state index is 13.3. The molecule has 192 valence electrons. The minimum absolute atomic E-state index is 0.0586. The highest BCUT2D eigenvalue weighted by molar-refractivity contribution is 7.92. The van der Waals surface area contributed by atoms with Crippen LogP contribution in [0.2, 0.25) is 0 Å². The number of rotatable bonds is 6. The predicted octanol–water partition coefficient (Wildman–Crippen LogP) is 2.37. The number of ether oxygens (including phenoxy) is 2. The lowest BCUT2D eigenvalue weighted by molar-refractivity contribution is 0.0166. The Morgan fingerprint density at radius 2 is 1.94 bits per heavy atom. The first kappa shape index (κ1) is 27.7. The fraction of sp³-hybridized carbons (Fsp3) is 0.652. The van der Waals surface area contributed by atoms with E-state index in [0.717, 1.165) is 6.42 Å². The lowest BCUT2D eigenvalue weighted by Gasteiger charge is -2.36. The number of hydrogen-bond acceptors (Lipinski definition) is 6. The second kappa shape index (κ2) is 12.3. The number of carbonyl (C=O) groups excluding carboxylic acids is 2. The van der Waals surface area contributed by atoms with Gasteiger partial charge in [-0.1, -0.05) is 13.8 Å². The molecular formula is C23H38N4O6S. The number of amides is 3. The predicted molar refractivity (Wildman–Crippen MR) is 132 cm³/mol. The molecular weight excluding hydrogens is 460 g/mol. The number of benzene rings is 1. The van der Waals surface area contributed by atoms with Crippen molar-refractivity contribution in [1.82, 2.24) is 15.1 Å². The Morgan fingerprint density at radius 1 is 1.24 bits per heavy atom. The van der Waals surface area contributed by atoms with Crippen molar-refractivity contribution in [2.45, 2.75) is 46.3 Å². The van der Waals surface area contributed by atoms with Gasteiger partial charge in [0.15, 0.2) is 0 Å². The zero-order valence-corrected chi connectivity index (χ0v) is 21.8. The van der Waals surface area contributed by atoms with Crippen LogP contribution in [0.25, 0.3) is 0 Å². The fourth-order valence-corrected chi connectivity index (χ4v) is 4.34. The molecule has 3 amide bonds. The van der Waals surface area contributed by atoms with Gasteiger partial charge in [0.2, 0.25) is 10.0 Å². The Hall–Kier alpha value is -2.53. The highest BCUT2D eigenvalue weighted by atomic mass is 32.2. The number of anilines is 1. The SMILES string of the molecule is CCCNC(=O)N1C[C@H](C)[C@H](OC)CN(C)C(=O)c2cc(NS(=O)(=O)CC)ccc2OC[C@H]1C. The third kappa shape index (κ3) is 7.23. The molecule has 0 aromatic heterocycles. The van der Waals surface area contributed by atoms with Gasteiger partial charge in [0.25, 0.3) is 5.91 Å². The van der Waals surface area contributed by atoms with Crippen molar-refractivity contribution >= 4 is 27.6 Å². The number of carbonyl (C=O) groups is 2. The molecule has 1 aromatic carbocycles. The van der Waals surface area contributed by atoms with Crippen molar-refractivity contribution in [3.05, 3.63) is 23.8 Å². The van der Waals surface area contributed by atoms with Crippen LogP contribution in [0, 0.1) is 5.92 Å². The third-order valence-corrected chi connectivity index (χ3v) is 7.19. The molecule has 10 nitrogen and oxygen atoms in total. The number of fused-ring (bicyclic) bond motifs is 1. The van der Waals surface area contributed by atoms with E-state index in [1.165, 1.54) is 17.9 Å². The van der Waals surface area contributed by atoms with Gasteiger partial charge in [-0.15, -0.1) is 0 Å². The molecule has 2 rings (SSSR count). The van der Waals surface area contributed by atoms with Gasteiger partial charge < -0.3 is 24.6 Å². The molecule has 1 aromatic rings. The topological polar surface area (TPSA) is 117 Å². The molecule has 0 fully saturated rings. The zero-order valence-electron chi connectivity index (χ0n) is 21.0. The van der Waals surface area contributed by atoms with Crippen molar-refractivity contribution in [3.8, 4) is 5.75 Å². The van der Waals surface area contributed by atoms with E-state index < -0.39 is 10.0 Å². The number of nitrogens with zero attached hydrogens (tertiary/aromatic N) is 2. The van der Waals surface area contributed by atoms with Crippen LogP contribution in [0.15, 0.2) is 18.2 Å². The summed E-state index contributed by atoms with van der Waals surface area (Å²) in [6.07, 6.45) is 0.513. The number of hydrogen-bond donors (Lipinski definition) is 2. The van der Waals surface area contributed by atoms with Gasteiger partial charge in [-0.2, -0.15) is 0 Å². The summed E-state index contributed by atoms with van der Waals surface area (Å²) in [6.45, 7) is 8.86. The first-order valence-electron chi connectivity index (χ1n) is 11.6. The first-order chi connectivity index (χ1) is 16.0. The number of sulfonamides is 1. The average molecular weight is 499 g/mol. The van der Waals surface area contributed by atoms with Crippen LogP contribution in [-0.2, 0) is 14.8 Å². The second-order valence-corrected chi connectivity index (χ2v) is 10.7. The largest absolute Gasteiger partial charge is 0.491 e. The summed E-state index contributed by atoms with van der Waals surface area (Å²) in [5.74, 6) is -0.140. The van der Waals surface area contributed by atoms with Crippen LogP contribution in [0.1, 0.15) is 44.5 Å². The molecule has 0 bridgehead atoms. The van der Waals surface area contributed by atoms with Crippen molar-refractivity contribution < 1.29 is 27.5 Å². The summed E-state index contributed by atoms with van der Waals surface area (Å²) < 4.78 is 38.2. The van der Waals surface area contributed by atoms with Crippen molar-refractivity contribution in [2.75, 3.05) is 50.9 Å². The minimum atomic E-state index is -3.51. The normalized spacial score (nSPS) is 22.2. The summed E-state index contributed by atoms with van der Waals surface area (Å²) >= 11 is 0. The number of likely N-dealkylation sites (N-methyl/N-ethyl adjacent to an activating group) is 1. The molecule has 1 aliphatic rings. The van der Waals surface area contributed by atoms with E-state index in [1.807, 2.05) is 20.8 Å². The number of nitrogens with one attached hydrogen (secondary N) is 2. The van der Waals surface area contributed by atoms with Gasteiger partial charge in [-0.25, -0.2) is 13.2 Å². The van der Waals surface area contributed by atoms with Gasteiger partial charge in [0.05, 0.1) is 23.5 Å². The standard InChI is InChI=1S/C23H38N4O6S/c1-7-11-24-23(29)27-13-16(3)21(32-6)14-26(5)22(28)19-12-18(25-34(30,31)8-2)9-10-20(19)33-15-17(27)4/h9-10,12,16-17,21,25H,7-8,11,13-15H2,1-6H3,(H,24,29)/t16-,17+,21+/m0/s1. The quantitative estimate of drug-likeness (QED) is 0.622. The van der Waals surface area contributed by atoms with Gasteiger partial charge in [0.1, 0.15) is 12.4 Å². The Morgan fingerprint density at radius 3 is 2.56 bits per heavy atom. The van der Waals surface area contributed by atoms with E-state index >= 15 is 0 Å². The van der Waals surface area contributed by atoms with E-state index in [-0.39, 0.29) is 53.6 Å². The van der Waals surface area contributed by atoms with E-state index in [0.29, 0.717) is 25.4 Å². The minimum Gasteiger partial charge on any atom is -0.491 e. The highest BCUT2D eigenvalue weighted by Gasteiger charge is 2.30. The van der Waals surface area contributed by atoms with Crippen LogP contribution in [0.5, 0.6) is 5.75 Å². The summed E-state index contributed by atoms with van der Waals surface area (Å²) in [5.41, 5.74) is 0.513. The Labute approximate surface area is 203 Å².